The lowest BCUT2D eigenvalue weighted by Gasteiger charge is -2.14. The molecule has 0 aliphatic rings. The second-order valence-corrected chi connectivity index (χ2v) is 5.50. The van der Waals surface area contributed by atoms with E-state index in [1.54, 1.807) is 0 Å². The Morgan fingerprint density at radius 2 is 1.57 bits per heavy atom. The van der Waals surface area contributed by atoms with E-state index >= 15 is 0 Å². The normalized spacial score (nSPS) is 11.5. The van der Waals surface area contributed by atoms with Gasteiger partial charge in [-0.2, -0.15) is 13.2 Å². The summed E-state index contributed by atoms with van der Waals surface area (Å²) in [5.41, 5.74) is -0.596. The molecule has 0 bridgehead atoms. The summed E-state index contributed by atoms with van der Waals surface area (Å²) >= 11 is 14.6. The third-order valence-corrected chi connectivity index (χ3v) is 4.00. The molecule has 21 heavy (non-hydrogen) atoms. The zero-order chi connectivity index (χ0) is 15.6. The maximum atomic E-state index is 13.0. The van der Waals surface area contributed by atoms with Crippen LogP contribution in [-0.2, 0) is 11.5 Å². The molecule has 0 amide bonds. The van der Waals surface area contributed by atoms with Crippen molar-refractivity contribution in [1.82, 2.24) is 0 Å². The van der Waals surface area contributed by atoms with E-state index in [1.165, 1.54) is 30.3 Å². The fourth-order valence-electron chi connectivity index (χ4n) is 1.68. The molecule has 0 unspecified atom stereocenters. The van der Waals surface area contributed by atoms with E-state index in [1.807, 2.05) is 0 Å². The number of hydrogen-bond donors (Lipinski definition) is 0. The molecule has 0 N–H and O–H groups in total. The fourth-order valence-corrected chi connectivity index (χ4v) is 2.45. The van der Waals surface area contributed by atoms with Gasteiger partial charge in [0.15, 0.2) is 0 Å². The number of alkyl halides is 4. The van der Waals surface area contributed by atoms with E-state index in [0.29, 0.717) is 10.8 Å². The monoisotopic (exact) mass is 398 g/mol. The standard InChI is InChI=1S/C14H8BrCl2F3O/c15-7-8-1-2-9(5-11(8)14(18,19)20)21-10-3-4-12(16)13(17)6-10/h1-6H,7H2. The third kappa shape index (κ3) is 4.05. The van der Waals surface area contributed by atoms with Crippen molar-refractivity contribution in [2.45, 2.75) is 11.5 Å². The van der Waals surface area contributed by atoms with Crippen LogP contribution in [0.25, 0.3) is 0 Å². The Morgan fingerprint density at radius 3 is 2.14 bits per heavy atom. The van der Waals surface area contributed by atoms with Crippen molar-refractivity contribution >= 4 is 39.1 Å². The SMILES string of the molecule is FC(F)(F)c1cc(Oc2ccc(Cl)c(Cl)c2)ccc1CBr. The highest BCUT2D eigenvalue weighted by Gasteiger charge is 2.33. The first-order valence-electron chi connectivity index (χ1n) is 5.70. The summed E-state index contributed by atoms with van der Waals surface area (Å²) in [7, 11) is 0. The van der Waals surface area contributed by atoms with E-state index in [9.17, 15) is 13.2 Å². The number of ether oxygens (including phenoxy) is 1. The molecular formula is C14H8BrCl2F3O. The minimum atomic E-state index is -4.44. The molecular weight excluding hydrogens is 392 g/mol. The summed E-state index contributed by atoms with van der Waals surface area (Å²) in [5, 5.41) is 0.714. The van der Waals surface area contributed by atoms with Crippen molar-refractivity contribution in [3.63, 3.8) is 0 Å². The molecule has 0 heterocycles. The molecule has 0 saturated carbocycles. The van der Waals surface area contributed by atoms with Crippen molar-refractivity contribution in [2.24, 2.45) is 0 Å². The van der Waals surface area contributed by atoms with Gasteiger partial charge in [0.25, 0.3) is 0 Å². The predicted molar refractivity (Wildman–Crippen MR) is 80.6 cm³/mol. The molecule has 0 saturated heterocycles. The molecule has 0 aliphatic heterocycles. The first-order chi connectivity index (χ1) is 9.81. The van der Waals surface area contributed by atoms with Crippen LogP contribution in [0.15, 0.2) is 36.4 Å². The maximum absolute atomic E-state index is 13.0. The average Bonchev–Trinajstić information content (AvgIpc) is 2.42. The summed E-state index contributed by atoms with van der Waals surface area (Å²) in [5.74, 6) is 0.384. The summed E-state index contributed by atoms with van der Waals surface area (Å²) in [6.45, 7) is 0. The van der Waals surface area contributed by atoms with Crippen LogP contribution in [0.5, 0.6) is 11.5 Å². The van der Waals surface area contributed by atoms with Crippen LogP contribution < -0.4 is 4.74 Å². The highest BCUT2D eigenvalue weighted by atomic mass is 79.9. The molecule has 2 aromatic rings. The number of halogens is 6. The minimum Gasteiger partial charge on any atom is -0.457 e. The average molecular weight is 400 g/mol. The lowest BCUT2D eigenvalue weighted by Crippen LogP contribution is -2.08. The smallest absolute Gasteiger partial charge is 0.416 e. The zero-order valence-corrected chi connectivity index (χ0v) is 13.4. The van der Waals surface area contributed by atoms with Crippen molar-refractivity contribution < 1.29 is 17.9 Å². The Kier molecular flexibility index (Phi) is 5.07. The Morgan fingerprint density at radius 1 is 0.952 bits per heavy atom. The maximum Gasteiger partial charge on any atom is 0.416 e. The number of hydrogen-bond acceptors (Lipinski definition) is 1. The predicted octanol–water partition coefficient (Wildman–Crippen LogP) is 6.70. The summed E-state index contributed by atoms with van der Waals surface area (Å²) < 4.78 is 44.3. The molecule has 1 nitrogen and oxygen atoms in total. The zero-order valence-electron chi connectivity index (χ0n) is 10.3. The van der Waals surface area contributed by atoms with Gasteiger partial charge in [-0.05, 0) is 29.8 Å². The molecule has 0 atom stereocenters. The largest absolute Gasteiger partial charge is 0.457 e. The van der Waals surface area contributed by atoms with Crippen molar-refractivity contribution in [2.75, 3.05) is 0 Å². The number of rotatable bonds is 3. The van der Waals surface area contributed by atoms with Gasteiger partial charge in [-0.25, -0.2) is 0 Å². The van der Waals surface area contributed by atoms with Gasteiger partial charge in [0.2, 0.25) is 0 Å². The van der Waals surface area contributed by atoms with Crippen LogP contribution in [-0.4, -0.2) is 0 Å². The van der Waals surface area contributed by atoms with Gasteiger partial charge in [0.1, 0.15) is 11.5 Å². The lowest BCUT2D eigenvalue weighted by molar-refractivity contribution is -0.138. The van der Waals surface area contributed by atoms with E-state index in [-0.39, 0.29) is 21.7 Å². The summed E-state index contributed by atoms with van der Waals surface area (Å²) in [4.78, 5) is 0. The van der Waals surface area contributed by atoms with Crippen LogP contribution >= 0.6 is 39.1 Å². The molecule has 2 aromatic carbocycles. The molecule has 112 valence electrons. The molecule has 0 aliphatic carbocycles. The molecule has 7 heteroatoms. The molecule has 0 fully saturated rings. The van der Waals surface area contributed by atoms with Gasteiger partial charge >= 0.3 is 6.18 Å². The fraction of sp³-hybridized carbons (Fsp3) is 0.143. The Bertz CT molecular complexity index is 659. The quantitative estimate of drug-likeness (QED) is 0.521. The second kappa shape index (κ2) is 6.46. The van der Waals surface area contributed by atoms with E-state index in [4.69, 9.17) is 27.9 Å². The lowest BCUT2D eigenvalue weighted by atomic mass is 10.1. The van der Waals surface area contributed by atoms with Gasteiger partial charge < -0.3 is 4.74 Å². The first-order valence-corrected chi connectivity index (χ1v) is 7.58. The van der Waals surface area contributed by atoms with Crippen molar-refractivity contribution in [1.29, 1.82) is 0 Å². The van der Waals surface area contributed by atoms with Crippen molar-refractivity contribution in [3.8, 4) is 11.5 Å². The molecule has 0 radical (unpaired) electrons. The van der Waals surface area contributed by atoms with E-state index < -0.39 is 11.7 Å². The van der Waals surface area contributed by atoms with E-state index in [2.05, 4.69) is 15.9 Å². The summed E-state index contributed by atoms with van der Waals surface area (Å²) in [6.07, 6.45) is -4.44. The Balaban J connectivity index is 2.34. The Hall–Kier alpha value is -0.910. The van der Waals surface area contributed by atoms with Crippen molar-refractivity contribution in [3.05, 3.63) is 57.6 Å². The van der Waals surface area contributed by atoms with Crippen LogP contribution in [0.2, 0.25) is 10.0 Å². The topological polar surface area (TPSA) is 9.23 Å². The Labute approximate surface area is 137 Å². The molecule has 2 rings (SSSR count). The van der Waals surface area contributed by atoms with Gasteiger partial charge in [0.05, 0.1) is 15.6 Å². The van der Waals surface area contributed by atoms with Crippen LogP contribution in [0.3, 0.4) is 0 Å². The minimum absolute atomic E-state index is 0.0745. The third-order valence-electron chi connectivity index (χ3n) is 2.66. The summed E-state index contributed by atoms with van der Waals surface area (Å²) in [6, 6.07) is 8.27. The first kappa shape index (κ1) is 16.5. The number of benzene rings is 2. The highest BCUT2D eigenvalue weighted by molar-refractivity contribution is 9.08. The van der Waals surface area contributed by atoms with Crippen LogP contribution in [0.1, 0.15) is 11.1 Å². The van der Waals surface area contributed by atoms with Gasteiger partial charge in [-0.15, -0.1) is 0 Å². The molecule has 0 spiro atoms. The van der Waals surface area contributed by atoms with Gasteiger partial charge in [-0.1, -0.05) is 45.2 Å². The van der Waals surface area contributed by atoms with Gasteiger partial charge in [-0.3, -0.25) is 0 Å². The van der Waals surface area contributed by atoms with Crippen LogP contribution in [0, 0.1) is 0 Å². The van der Waals surface area contributed by atoms with Crippen LogP contribution in [0.4, 0.5) is 13.2 Å². The van der Waals surface area contributed by atoms with E-state index in [0.717, 1.165) is 6.07 Å². The van der Waals surface area contributed by atoms with Gasteiger partial charge in [0, 0.05) is 11.4 Å². The molecule has 0 aromatic heterocycles. The second-order valence-electron chi connectivity index (χ2n) is 4.13. The highest BCUT2D eigenvalue weighted by Crippen LogP contribution is 2.37.